The molecule has 0 saturated carbocycles. The van der Waals surface area contributed by atoms with Gasteiger partial charge in [0.15, 0.2) is 0 Å². The Labute approximate surface area is 154 Å². The number of anilines is 1. The summed E-state index contributed by atoms with van der Waals surface area (Å²) in [6.07, 6.45) is -2.31. The van der Waals surface area contributed by atoms with Crippen LogP contribution in [0.4, 0.5) is 10.5 Å². The minimum atomic E-state index is -1.01. The lowest BCUT2D eigenvalue weighted by molar-refractivity contribution is 0.0136. The van der Waals surface area contributed by atoms with Crippen LogP contribution in [0.1, 0.15) is 23.7 Å². The summed E-state index contributed by atoms with van der Waals surface area (Å²) in [4.78, 5) is 13.6. The zero-order valence-electron chi connectivity index (χ0n) is 15.1. The standard InChI is InChI=1S/C20H26N2O4/c1-22(2)17-10-8-16(9-11-17)19(24)18(23)12-13-21-20(25)26-14-15-6-4-3-5-7-15/h3-11,18-19,23-24H,12-14H2,1-2H3,(H,21,25). The van der Waals surface area contributed by atoms with Gasteiger partial charge in [-0.05, 0) is 29.7 Å². The molecule has 2 rings (SSSR count). The van der Waals surface area contributed by atoms with Gasteiger partial charge in [0.05, 0.1) is 6.10 Å². The largest absolute Gasteiger partial charge is 0.445 e. The molecule has 0 spiro atoms. The molecule has 0 fully saturated rings. The Hall–Kier alpha value is -2.57. The average Bonchev–Trinajstić information content (AvgIpc) is 2.66. The molecule has 0 aliphatic heterocycles. The van der Waals surface area contributed by atoms with E-state index >= 15 is 0 Å². The number of ether oxygens (including phenoxy) is 1. The number of rotatable bonds is 8. The second-order valence-electron chi connectivity index (χ2n) is 6.28. The first-order chi connectivity index (χ1) is 12.5. The summed E-state index contributed by atoms with van der Waals surface area (Å²) in [5, 5.41) is 22.9. The number of hydrogen-bond acceptors (Lipinski definition) is 5. The third-order valence-electron chi connectivity index (χ3n) is 4.04. The number of alkyl carbamates (subject to hydrolysis) is 1. The third-order valence-corrected chi connectivity index (χ3v) is 4.04. The number of hydrogen-bond donors (Lipinski definition) is 3. The van der Waals surface area contributed by atoms with Gasteiger partial charge in [0, 0.05) is 26.3 Å². The minimum Gasteiger partial charge on any atom is -0.445 e. The molecule has 3 N–H and O–H groups in total. The maximum absolute atomic E-state index is 11.7. The highest BCUT2D eigenvalue weighted by Crippen LogP contribution is 2.21. The summed E-state index contributed by atoms with van der Waals surface area (Å²) in [6, 6.07) is 16.7. The highest BCUT2D eigenvalue weighted by atomic mass is 16.5. The summed E-state index contributed by atoms with van der Waals surface area (Å²) >= 11 is 0. The molecule has 0 aliphatic rings. The molecule has 6 nitrogen and oxygen atoms in total. The van der Waals surface area contributed by atoms with Crippen molar-refractivity contribution in [2.24, 2.45) is 0 Å². The Balaban J connectivity index is 1.71. The predicted molar refractivity (Wildman–Crippen MR) is 101 cm³/mol. The van der Waals surface area contributed by atoms with E-state index in [1.54, 1.807) is 12.1 Å². The first-order valence-electron chi connectivity index (χ1n) is 8.55. The number of carbonyl (C=O) groups excluding carboxylic acids is 1. The Morgan fingerprint density at radius 1 is 1.08 bits per heavy atom. The summed E-state index contributed by atoms with van der Waals surface area (Å²) in [7, 11) is 3.87. The van der Waals surface area contributed by atoms with E-state index in [-0.39, 0.29) is 19.6 Å². The fourth-order valence-corrected chi connectivity index (χ4v) is 2.45. The molecule has 1 amide bonds. The first kappa shape index (κ1) is 19.8. The lowest BCUT2D eigenvalue weighted by Gasteiger charge is -2.19. The van der Waals surface area contributed by atoms with Crippen molar-refractivity contribution in [1.82, 2.24) is 5.32 Å². The summed E-state index contributed by atoms with van der Waals surface area (Å²) in [5.74, 6) is 0. The van der Waals surface area contributed by atoms with Gasteiger partial charge in [-0.1, -0.05) is 42.5 Å². The maximum atomic E-state index is 11.7. The number of amides is 1. The summed E-state index contributed by atoms with van der Waals surface area (Å²) < 4.78 is 5.09. The number of carbonyl (C=O) groups is 1. The van der Waals surface area contributed by atoms with Gasteiger partial charge in [-0.3, -0.25) is 0 Å². The topological polar surface area (TPSA) is 82.0 Å². The summed E-state index contributed by atoms with van der Waals surface area (Å²) in [6.45, 7) is 0.401. The number of nitrogens with zero attached hydrogens (tertiary/aromatic N) is 1. The number of aliphatic hydroxyl groups is 2. The second kappa shape index (κ2) is 9.79. The van der Waals surface area contributed by atoms with Gasteiger partial charge in [-0.15, -0.1) is 0 Å². The molecule has 0 heterocycles. The minimum absolute atomic E-state index is 0.191. The first-order valence-corrected chi connectivity index (χ1v) is 8.55. The van der Waals surface area contributed by atoms with Crippen LogP contribution in [0, 0.1) is 0 Å². The van der Waals surface area contributed by atoms with E-state index < -0.39 is 18.3 Å². The van der Waals surface area contributed by atoms with Crippen LogP contribution in [0.25, 0.3) is 0 Å². The van der Waals surface area contributed by atoms with Crippen LogP contribution in [0.3, 0.4) is 0 Å². The highest BCUT2D eigenvalue weighted by Gasteiger charge is 2.18. The van der Waals surface area contributed by atoms with E-state index in [0.29, 0.717) is 5.56 Å². The molecule has 2 atom stereocenters. The van der Waals surface area contributed by atoms with E-state index in [2.05, 4.69) is 5.32 Å². The Bertz CT molecular complexity index is 674. The van der Waals surface area contributed by atoms with Gasteiger partial charge in [0.1, 0.15) is 12.7 Å². The van der Waals surface area contributed by atoms with E-state index in [0.717, 1.165) is 11.3 Å². The zero-order chi connectivity index (χ0) is 18.9. The number of nitrogens with one attached hydrogen (secondary N) is 1. The van der Waals surface area contributed by atoms with Crippen molar-refractivity contribution >= 4 is 11.8 Å². The molecule has 2 unspecified atom stereocenters. The molecule has 26 heavy (non-hydrogen) atoms. The molecule has 140 valence electrons. The molecule has 0 saturated heterocycles. The van der Waals surface area contributed by atoms with Crippen molar-refractivity contribution in [3.8, 4) is 0 Å². The fraction of sp³-hybridized carbons (Fsp3) is 0.350. The predicted octanol–water partition coefficient (Wildman–Crippen LogP) is 2.46. The quantitative estimate of drug-likeness (QED) is 0.675. The van der Waals surface area contributed by atoms with Crippen LogP contribution >= 0.6 is 0 Å². The van der Waals surface area contributed by atoms with Crippen molar-refractivity contribution in [3.63, 3.8) is 0 Å². The molecule has 0 aromatic heterocycles. The van der Waals surface area contributed by atoms with Crippen molar-refractivity contribution in [2.45, 2.75) is 25.2 Å². The van der Waals surface area contributed by atoms with Crippen molar-refractivity contribution in [2.75, 3.05) is 25.5 Å². The molecule has 0 bridgehead atoms. The molecule has 0 radical (unpaired) electrons. The Morgan fingerprint density at radius 3 is 2.35 bits per heavy atom. The van der Waals surface area contributed by atoms with E-state index in [4.69, 9.17) is 4.74 Å². The number of aliphatic hydroxyl groups excluding tert-OH is 2. The van der Waals surface area contributed by atoms with Crippen LogP contribution in [0.5, 0.6) is 0 Å². The third kappa shape index (κ3) is 6.06. The van der Waals surface area contributed by atoms with Crippen molar-refractivity contribution < 1.29 is 19.7 Å². The van der Waals surface area contributed by atoms with Gasteiger partial charge in [0.25, 0.3) is 0 Å². The van der Waals surface area contributed by atoms with Crippen molar-refractivity contribution in [1.29, 1.82) is 0 Å². The monoisotopic (exact) mass is 358 g/mol. The fourth-order valence-electron chi connectivity index (χ4n) is 2.45. The lowest BCUT2D eigenvalue weighted by atomic mass is 10.0. The van der Waals surface area contributed by atoms with Crippen LogP contribution in [0.15, 0.2) is 54.6 Å². The molecule has 2 aromatic rings. The van der Waals surface area contributed by atoms with Crippen LogP contribution in [0.2, 0.25) is 0 Å². The van der Waals surface area contributed by atoms with E-state index in [1.165, 1.54) is 0 Å². The second-order valence-corrected chi connectivity index (χ2v) is 6.28. The normalized spacial score (nSPS) is 12.9. The van der Waals surface area contributed by atoms with Crippen LogP contribution in [-0.4, -0.2) is 43.1 Å². The number of benzene rings is 2. The van der Waals surface area contributed by atoms with Gasteiger partial charge in [-0.25, -0.2) is 4.79 Å². The van der Waals surface area contributed by atoms with Crippen molar-refractivity contribution in [3.05, 3.63) is 65.7 Å². The zero-order valence-corrected chi connectivity index (χ0v) is 15.1. The molecule has 0 aliphatic carbocycles. The lowest BCUT2D eigenvalue weighted by Crippen LogP contribution is -2.29. The van der Waals surface area contributed by atoms with Gasteiger partial charge in [-0.2, -0.15) is 0 Å². The van der Waals surface area contributed by atoms with E-state index in [1.807, 2.05) is 61.5 Å². The van der Waals surface area contributed by atoms with Crippen LogP contribution in [-0.2, 0) is 11.3 Å². The molecular formula is C20H26N2O4. The Kier molecular flexibility index (Phi) is 7.44. The molecular weight excluding hydrogens is 332 g/mol. The maximum Gasteiger partial charge on any atom is 0.407 e. The Morgan fingerprint density at radius 2 is 1.73 bits per heavy atom. The van der Waals surface area contributed by atoms with Gasteiger partial charge in [0.2, 0.25) is 0 Å². The van der Waals surface area contributed by atoms with Crippen LogP contribution < -0.4 is 10.2 Å². The van der Waals surface area contributed by atoms with Gasteiger partial charge >= 0.3 is 6.09 Å². The smallest absolute Gasteiger partial charge is 0.407 e. The average molecular weight is 358 g/mol. The molecule has 2 aromatic carbocycles. The highest BCUT2D eigenvalue weighted by molar-refractivity contribution is 5.67. The summed E-state index contributed by atoms with van der Waals surface area (Å²) in [5.41, 5.74) is 2.55. The molecule has 6 heteroatoms. The van der Waals surface area contributed by atoms with E-state index in [9.17, 15) is 15.0 Å². The van der Waals surface area contributed by atoms with Gasteiger partial charge < -0.3 is 25.2 Å². The SMILES string of the molecule is CN(C)c1ccc(C(O)C(O)CCNC(=O)OCc2ccccc2)cc1.